The van der Waals surface area contributed by atoms with Gasteiger partial charge in [-0.2, -0.15) is 5.26 Å². The summed E-state index contributed by atoms with van der Waals surface area (Å²) in [7, 11) is 0. The van der Waals surface area contributed by atoms with Crippen molar-refractivity contribution in [2.45, 2.75) is 13.5 Å². The zero-order valence-corrected chi connectivity index (χ0v) is 17.7. The Kier molecular flexibility index (Phi) is 7.35. The average Bonchev–Trinajstić information content (AvgIpc) is 2.72. The van der Waals surface area contributed by atoms with Gasteiger partial charge in [-0.3, -0.25) is 0 Å². The minimum atomic E-state index is -0.313. The second-order valence-electron chi connectivity index (χ2n) is 6.35. The van der Waals surface area contributed by atoms with Gasteiger partial charge in [-0.05, 0) is 60.5 Å². The first-order chi connectivity index (χ1) is 14.5. The van der Waals surface area contributed by atoms with Crippen molar-refractivity contribution in [3.05, 3.63) is 93.2 Å². The molecule has 3 aromatic carbocycles. The number of nitriles is 1. The largest absolute Gasteiger partial charge is 0.490 e. The monoisotopic (exact) mass is 441 g/mol. The molecule has 0 bridgehead atoms. The minimum Gasteiger partial charge on any atom is -0.490 e. The van der Waals surface area contributed by atoms with E-state index >= 15 is 0 Å². The Balaban J connectivity index is 1.88. The first-order valence-electron chi connectivity index (χ1n) is 9.21. The third kappa shape index (κ3) is 5.54. The fraction of sp³-hybridized carbons (Fsp3) is 0.125. The number of rotatable bonds is 7. The molecule has 0 aliphatic heterocycles. The summed E-state index contributed by atoms with van der Waals surface area (Å²) >= 11 is 12.2. The minimum absolute atomic E-state index is 0.205. The summed E-state index contributed by atoms with van der Waals surface area (Å²) in [5.74, 6) is 0.745. The fourth-order valence-electron chi connectivity index (χ4n) is 2.83. The lowest BCUT2D eigenvalue weighted by Gasteiger charge is -2.13. The van der Waals surface area contributed by atoms with Crippen LogP contribution in [0.5, 0.6) is 11.5 Å². The van der Waals surface area contributed by atoms with Crippen LogP contribution in [0.15, 0.2) is 60.7 Å². The van der Waals surface area contributed by atoms with Gasteiger partial charge in [-0.25, -0.2) is 4.39 Å². The van der Waals surface area contributed by atoms with Crippen LogP contribution in [0.4, 0.5) is 4.39 Å². The molecule has 0 aliphatic rings. The molecule has 0 aliphatic carbocycles. The molecule has 0 radical (unpaired) electrons. The smallest absolute Gasteiger partial charge is 0.161 e. The third-order valence-corrected chi connectivity index (χ3v) is 4.75. The number of nitrogens with zero attached hydrogens (tertiary/aromatic N) is 1. The Bertz CT molecular complexity index is 1120. The van der Waals surface area contributed by atoms with Gasteiger partial charge in [0.25, 0.3) is 0 Å². The molecule has 3 rings (SSSR count). The molecule has 3 nitrogen and oxygen atoms in total. The number of benzene rings is 3. The summed E-state index contributed by atoms with van der Waals surface area (Å²) in [6.45, 7) is 2.52. The molecule has 6 heteroatoms. The number of halogens is 3. The molecule has 0 amide bonds. The molecule has 0 unspecified atom stereocenters. The molecule has 0 heterocycles. The van der Waals surface area contributed by atoms with Gasteiger partial charge in [0, 0.05) is 10.6 Å². The Morgan fingerprint density at radius 1 is 1.03 bits per heavy atom. The van der Waals surface area contributed by atoms with Gasteiger partial charge in [0.1, 0.15) is 12.4 Å². The lowest BCUT2D eigenvalue weighted by Crippen LogP contribution is -2.00. The molecule has 152 valence electrons. The summed E-state index contributed by atoms with van der Waals surface area (Å²) in [5, 5.41) is 10.5. The van der Waals surface area contributed by atoms with E-state index in [4.69, 9.17) is 32.7 Å². The highest BCUT2D eigenvalue weighted by atomic mass is 35.5. The first kappa shape index (κ1) is 21.7. The summed E-state index contributed by atoms with van der Waals surface area (Å²) < 4.78 is 24.9. The van der Waals surface area contributed by atoms with Crippen molar-refractivity contribution in [2.75, 3.05) is 6.61 Å². The van der Waals surface area contributed by atoms with E-state index < -0.39 is 0 Å². The number of ether oxygens (including phenoxy) is 2. The van der Waals surface area contributed by atoms with E-state index in [9.17, 15) is 9.65 Å². The van der Waals surface area contributed by atoms with Crippen LogP contribution in [0.2, 0.25) is 10.0 Å². The van der Waals surface area contributed by atoms with Crippen molar-refractivity contribution in [3.63, 3.8) is 0 Å². The van der Waals surface area contributed by atoms with Gasteiger partial charge < -0.3 is 9.47 Å². The van der Waals surface area contributed by atoms with Crippen molar-refractivity contribution < 1.29 is 13.9 Å². The van der Waals surface area contributed by atoms with Crippen LogP contribution >= 0.6 is 23.2 Å². The molecule has 0 fully saturated rings. The van der Waals surface area contributed by atoms with Gasteiger partial charge in [0.2, 0.25) is 0 Å². The highest BCUT2D eigenvalue weighted by Crippen LogP contribution is 2.32. The van der Waals surface area contributed by atoms with Crippen LogP contribution in [0.1, 0.15) is 23.6 Å². The van der Waals surface area contributed by atoms with Crippen LogP contribution in [0.25, 0.3) is 11.6 Å². The molecular formula is C24H18Cl2FNO2. The van der Waals surface area contributed by atoms with E-state index in [1.165, 1.54) is 12.1 Å². The zero-order valence-electron chi connectivity index (χ0n) is 16.2. The standard InChI is InChI=1S/C24H18Cl2FNO2/c1-2-29-24-12-16(10-18(14-28)21-8-7-19(25)13-22(21)26)6-9-23(24)30-15-17-4-3-5-20(27)11-17/h3-13H,2,15H2,1H3/b18-10+. The molecule has 0 saturated heterocycles. The number of hydrogen-bond acceptors (Lipinski definition) is 3. The highest BCUT2D eigenvalue weighted by Gasteiger charge is 2.10. The lowest BCUT2D eigenvalue weighted by atomic mass is 10.0. The highest BCUT2D eigenvalue weighted by molar-refractivity contribution is 6.36. The van der Waals surface area contributed by atoms with E-state index in [-0.39, 0.29) is 12.4 Å². The topological polar surface area (TPSA) is 42.2 Å². The summed E-state index contributed by atoms with van der Waals surface area (Å²) in [6.07, 6.45) is 1.72. The summed E-state index contributed by atoms with van der Waals surface area (Å²) in [6, 6.07) is 18.7. The van der Waals surface area contributed by atoms with E-state index in [0.717, 1.165) is 5.56 Å². The first-order valence-corrected chi connectivity index (χ1v) is 9.97. The van der Waals surface area contributed by atoms with Crippen molar-refractivity contribution in [2.24, 2.45) is 0 Å². The molecule has 30 heavy (non-hydrogen) atoms. The quantitative estimate of drug-likeness (QED) is 0.288. The van der Waals surface area contributed by atoms with E-state index in [1.54, 1.807) is 48.5 Å². The summed E-state index contributed by atoms with van der Waals surface area (Å²) in [4.78, 5) is 0. The Morgan fingerprint density at radius 2 is 1.87 bits per heavy atom. The SMILES string of the molecule is CCOc1cc(/C=C(\C#N)c2ccc(Cl)cc2Cl)ccc1OCc1cccc(F)c1. The van der Waals surface area contributed by atoms with Crippen LogP contribution in [0.3, 0.4) is 0 Å². The van der Waals surface area contributed by atoms with Crippen LogP contribution in [0, 0.1) is 17.1 Å². The third-order valence-electron chi connectivity index (χ3n) is 4.20. The molecular weight excluding hydrogens is 424 g/mol. The van der Waals surface area contributed by atoms with Crippen molar-refractivity contribution >= 4 is 34.9 Å². The van der Waals surface area contributed by atoms with Crippen molar-refractivity contribution in [1.29, 1.82) is 5.26 Å². The van der Waals surface area contributed by atoms with Gasteiger partial charge in [0.15, 0.2) is 11.5 Å². The average molecular weight is 442 g/mol. The molecule has 0 saturated carbocycles. The van der Waals surface area contributed by atoms with Gasteiger partial charge >= 0.3 is 0 Å². The van der Waals surface area contributed by atoms with E-state index in [2.05, 4.69) is 6.07 Å². The van der Waals surface area contributed by atoms with E-state index in [1.807, 2.05) is 13.0 Å². The van der Waals surface area contributed by atoms with Crippen LogP contribution in [-0.4, -0.2) is 6.61 Å². The lowest BCUT2D eigenvalue weighted by molar-refractivity contribution is 0.269. The van der Waals surface area contributed by atoms with Crippen LogP contribution in [-0.2, 0) is 6.61 Å². The second kappa shape index (κ2) is 10.2. The normalized spacial score (nSPS) is 11.1. The predicted molar refractivity (Wildman–Crippen MR) is 118 cm³/mol. The predicted octanol–water partition coefficient (Wildman–Crippen LogP) is 7.17. The molecule has 0 N–H and O–H groups in total. The van der Waals surface area contributed by atoms with Gasteiger partial charge in [-0.1, -0.05) is 47.5 Å². The zero-order chi connectivity index (χ0) is 21.5. The van der Waals surface area contributed by atoms with Crippen molar-refractivity contribution in [3.8, 4) is 17.6 Å². The number of allylic oxidation sites excluding steroid dienone is 1. The summed E-state index contributed by atoms with van der Waals surface area (Å²) in [5.41, 5.74) is 2.45. The maximum atomic E-state index is 13.4. The molecule has 0 spiro atoms. The molecule has 3 aromatic rings. The second-order valence-corrected chi connectivity index (χ2v) is 7.20. The van der Waals surface area contributed by atoms with Crippen LogP contribution < -0.4 is 9.47 Å². The number of hydrogen-bond donors (Lipinski definition) is 0. The fourth-order valence-corrected chi connectivity index (χ4v) is 3.34. The Morgan fingerprint density at radius 3 is 2.57 bits per heavy atom. The molecule has 0 atom stereocenters. The van der Waals surface area contributed by atoms with Gasteiger partial charge in [-0.15, -0.1) is 0 Å². The van der Waals surface area contributed by atoms with Crippen molar-refractivity contribution in [1.82, 2.24) is 0 Å². The molecule has 0 aromatic heterocycles. The van der Waals surface area contributed by atoms with E-state index in [0.29, 0.717) is 44.9 Å². The maximum absolute atomic E-state index is 13.4. The Hall–Kier alpha value is -3.00. The maximum Gasteiger partial charge on any atom is 0.161 e. The Labute approximate surface area is 184 Å². The van der Waals surface area contributed by atoms with Gasteiger partial charge in [0.05, 0.1) is 23.3 Å².